The van der Waals surface area contributed by atoms with E-state index in [0.29, 0.717) is 0 Å². The summed E-state index contributed by atoms with van der Waals surface area (Å²) in [7, 11) is 0. The summed E-state index contributed by atoms with van der Waals surface area (Å²) in [4.78, 5) is 0. The number of benzene rings is 1. The van der Waals surface area contributed by atoms with E-state index in [9.17, 15) is 0 Å². The summed E-state index contributed by atoms with van der Waals surface area (Å²) in [6.45, 7) is 6.42. The zero-order valence-electron chi connectivity index (χ0n) is 8.91. The molecule has 0 aliphatic heterocycles. The average molecular weight is 185 g/mol. The van der Waals surface area contributed by atoms with E-state index in [1.54, 1.807) is 0 Å². The molecule has 0 N–H and O–H groups in total. The van der Waals surface area contributed by atoms with Crippen molar-refractivity contribution in [2.75, 3.05) is 0 Å². The van der Waals surface area contributed by atoms with Crippen LogP contribution in [-0.2, 0) is 0 Å². The Morgan fingerprint density at radius 3 is 2.07 bits per heavy atom. The molecule has 1 aromatic heterocycles. The lowest BCUT2D eigenvalue weighted by atomic mass is 10.1. The smallest absolute Gasteiger partial charge is 0.0507 e. The molecule has 72 valence electrons. The third-order valence-electron chi connectivity index (χ3n) is 2.54. The highest BCUT2D eigenvalue weighted by atomic mass is 14.9. The molecule has 0 atom stereocenters. The van der Waals surface area contributed by atoms with Gasteiger partial charge < -0.3 is 4.57 Å². The van der Waals surface area contributed by atoms with Gasteiger partial charge in [-0.15, -0.1) is 0 Å². The topological polar surface area (TPSA) is 4.93 Å². The average Bonchev–Trinajstić information content (AvgIpc) is 2.51. The fourth-order valence-corrected chi connectivity index (χ4v) is 1.86. The van der Waals surface area contributed by atoms with E-state index in [-0.39, 0.29) is 0 Å². The highest BCUT2D eigenvalue weighted by Gasteiger charge is 2.03. The molecule has 1 nitrogen and oxygen atoms in total. The van der Waals surface area contributed by atoms with Crippen LogP contribution in [0.3, 0.4) is 0 Å². The number of nitrogens with zero attached hydrogens (tertiary/aromatic N) is 1. The molecule has 0 amide bonds. The minimum atomic E-state index is 1.30. The van der Waals surface area contributed by atoms with Crippen LogP contribution in [0, 0.1) is 20.8 Å². The maximum absolute atomic E-state index is 2.19. The van der Waals surface area contributed by atoms with Crippen LogP contribution in [0.4, 0.5) is 0 Å². The molecule has 2 rings (SSSR count). The highest BCUT2D eigenvalue weighted by molar-refractivity contribution is 5.47. The summed E-state index contributed by atoms with van der Waals surface area (Å²) in [5, 5.41) is 0. The van der Waals surface area contributed by atoms with Gasteiger partial charge in [-0.3, -0.25) is 0 Å². The first-order valence-corrected chi connectivity index (χ1v) is 4.89. The van der Waals surface area contributed by atoms with Crippen LogP contribution < -0.4 is 0 Å². The molecule has 0 bridgehead atoms. The summed E-state index contributed by atoms with van der Waals surface area (Å²) in [5.74, 6) is 0. The summed E-state index contributed by atoms with van der Waals surface area (Å²) < 4.78 is 2.19. The number of aromatic nitrogens is 1. The third kappa shape index (κ3) is 1.46. The van der Waals surface area contributed by atoms with Gasteiger partial charge in [0.15, 0.2) is 0 Å². The van der Waals surface area contributed by atoms with Crippen molar-refractivity contribution in [1.29, 1.82) is 0 Å². The zero-order chi connectivity index (χ0) is 10.1. The van der Waals surface area contributed by atoms with E-state index in [1.807, 2.05) is 0 Å². The molecule has 0 aliphatic rings. The molecular formula is C13H15N. The maximum atomic E-state index is 2.19. The van der Waals surface area contributed by atoms with Crippen molar-refractivity contribution in [1.82, 2.24) is 4.57 Å². The van der Waals surface area contributed by atoms with Crippen LogP contribution in [0.5, 0.6) is 0 Å². The van der Waals surface area contributed by atoms with E-state index in [4.69, 9.17) is 0 Å². The molecule has 0 radical (unpaired) electrons. The number of hydrogen-bond donors (Lipinski definition) is 0. The van der Waals surface area contributed by atoms with Gasteiger partial charge in [0.1, 0.15) is 0 Å². The lowest BCUT2D eigenvalue weighted by molar-refractivity contribution is 1.04. The highest BCUT2D eigenvalue weighted by Crippen LogP contribution is 2.19. The normalized spacial score (nSPS) is 10.5. The Balaban J connectivity index is 2.61. The van der Waals surface area contributed by atoms with Crippen molar-refractivity contribution < 1.29 is 0 Å². The minimum absolute atomic E-state index is 1.30. The maximum Gasteiger partial charge on any atom is 0.0507 e. The number of para-hydroxylation sites is 1. The quantitative estimate of drug-likeness (QED) is 0.641. The van der Waals surface area contributed by atoms with E-state index in [0.717, 1.165) is 0 Å². The van der Waals surface area contributed by atoms with Crippen LogP contribution >= 0.6 is 0 Å². The standard InChI is InChI=1S/C13H15N/c1-10-7-8-14(9-10)13-11(2)5-4-6-12(13)3/h4-9H,1-3H3. The molecule has 1 aromatic carbocycles. The molecule has 0 saturated carbocycles. The Hall–Kier alpha value is -1.50. The van der Waals surface area contributed by atoms with Gasteiger partial charge in [-0.2, -0.15) is 0 Å². The van der Waals surface area contributed by atoms with Crippen molar-refractivity contribution >= 4 is 0 Å². The molecule has 0 unspecified atom stereocenters. The molecule has 0 spiro atoms. The second-order valence-corrected chi connectivity index (χ2v) is 3.84. The molecule has 1 heterocycles. The molecule has 2 aromatic rings. The summed E-state index contributed by atoms with van der Waals surface area (Å²) in [5.41, 5.74) is 5.24. The van der Waals surface area contributed by atoms with Gasteiger partial charge in [-0.1, -0.05) is 18.2 Å². The first-order chi connectivity index (χ1) is 6.68. The fourth-order valence-electron chi connectivity index (χ4n) is 1.86. The van der Waals surface area contributed by atoms with Crippen LogP contribution in [0.2, 0.25) is 0 Å². The number of aryl methyl sites for hydroxylation is 3. The molecular weight excluding hydrogens is 170 g/mol. The lowest BCUT2D eigenvalue weighted by Crippen LogP contribution is -1.96. The lowest BCUT2D eigenvalue weighted by Gasteiger charge is -2.10. The van der Waals surface area contributed by atoms with Crippen molar-refractivity contribution in [2.24, 2.45) is 0 Å². The zero-order valence-corrected chi connectivity index (χ0v) is 8.91. The van der Waals surface area contributed by atoms with Gasteiger partial charge in [-0.25, -0.2) is 0 Å². The monoisotopic (exact) mass is 185 g/mol. The minimum Gasteiger partial charge on any atom is -0.323 e. The largest absolute Gasteiger partial charge is 0.323 e. The van der Waals surface area contributed by atoms with E-state index >= 15 is 0 Å². The summed E-state index contributed by atoms with van der Waals surface area (Å²) in [6, 6.07) is 8.53. The van der Waals surface area contributed by atoms with Crippen LogP contribution in [0.1, 0.15) is 16.7 Å². The van der Waals surface area contributed by atoms with Crippen LogP contribution in [0.15, 0.2) is 36.7 Å². The Labute approximate surface area is 85.0 Å². The summed E-state index contributed by atoms with van der Waals surface area (Å²) in [6.07, 6.45) is 4.28. The number of hydrogen-bond acceptors (Lipinski definition) is 0. The second kappa shape index (κ2) is 3.33. The first kappa shape index (κ1) is 9.07. The Morgan fingerprint density at radius 1 is 0.929 bits per heavy atom. The Bertz CT molecular complexity index is 432. The van der Waals surface area contributed by atoms with Crippen LogP contribution in [-0.4, -0.2) is 4.57 Å². The SMILES string of the molecule is Cc1ccn(-c2c(C)cccc2C)c1. The predicted molar refractivity (Wildman–Crippen MR) is 60.0 cm³/mol. The first-order valence-electron chi connectivity index (χ1n) is 4.89. The Morgan fingerprint density at radius 2 is 1.57 bits per heavy atom. The van der Waals surface area contributed by atoms with Gasteiger partial charge in [0.2, 0.25) is 0 Å². The molecule has 0 fully saturated rings. The molecule has 1 heteroatoms. The molecule has 0 aliphatic carbocycles. The van der Waals surface area contributed by atoms with Crippen molar-refractivity contribution in [2.45, 2.75) is 20.8 Å². The van der Waals surface area contributed by atoms with Gasteiger partial charge in [-0.05, 0) is 43.5 Å². The Kier molecular flexibility index (Phi) is 2.16. The fraction of sp³-hybridized carbons (Fsp3) is 0.231. The van der Waals surface area contributed by atoms with E-state index in [1.165, 1.54) is 22.4 Å². The number of rotatable bonds is 1. The molecule has 14 heavy (non-hydrogen) atoms. The van der Waals surface area contributed by atoms with E-state index < -0.39 is 0 Å². The molecule has 0 saturated heterocycles. The van der Waals surface area contributed by atoms with E-state index in [2.05, 4.69) is 62.0 Å². The van der Waals surface area contributed by atoms with Gasteiger partial charge in [0, 0.05) is 12.4 Å². The summed E-state index contributed by atoms with van der Waals surface area (Å²) >= 11 is 0. The van der Waals surface area contributed by atoms with Gasteiger partial charge in [0.25, 0.3) is 0 Å². The second-order valence-electron chi connectivity index (χ2n) is 3.84. The van der Waals surface area contributed by atoms with Crippen LogP contribution in [0.25, 0.3) is 5.69 Å². The van der Waals surface area contributed by atoms with Gasteiger partial charge in [0.05, 0.1) is 5.69 Å². The third-order valence-corrected chi connectivity index (χ3v) is 2.54. The van der Waals surface area contributed by atoms with Crippen molar-refractivity contribution in [3.63, 3.8) is 0 Å². The van der Waals surface area contributed by atoms with Crippen molar-refractivity contribution in [3.05, 3.63) is 53.3 Å². The van der Waals surface area contributed by atoms with Gasteiger partial charge >= 0.3 is 0 Å². The predicted octanol–water partition coefficient (Wildman–Crippen LogP) is 3.40. The van der Waals surface area contributed by atoms with Crippen molar-refractivity contribution in [3.8, 4) is 5.69 Å².